The van der Waals surface area contributed by atoms with E-state index in [0.29, 0.717) is 6.42 Å². The Morgan fingerprint density at radius 2 is 1.29 bits per heavy atom. The molecule has 0 heterocycles. The van der Waals surface area contributed by atoms with Crippen LogP contribution in [0.2, 0.25) is 0 Å². The van der Waals surface area contributed by atoms with E-state index in [9.17, 15) is 10.2 Å². The molecular weight excluding hydrogens is 212 g/mol. The Bertz CT molecular complexity index is 573. The minimum absolute atomic E-state index is 0.264. The summed E-state index contributed by atoms with van der Waals surface area (Å²) in [7, 11) is 0. The molecule has 2 aromatic rings. The van der Waals surface area contributed by atoms with Gasteiger partial charge in [-0.05, 0) is 58.5 Å². The number of aromatic hydroxyl groups is 2. The van der Waals surface area contributed by atoms with Crippen molar-refractivity contribution in [1.82, 2.24) is 0 Å². The third kappa shape index (κ3) is 1.49. The molecule has 0 fully saturated rings. The van der Waals surface area contributed by atoms with Gasteiger partial charge in [-0.15, -0.1) is 0 Å². The maximum Gasteiger partial charge on any atom is 0.115 e. The summed E-state index contributed by atoms with van der Waals surface area (Å²) < 4.78 is 0. The Labute approximate surface area is 99.5 Å². The molecule has 0 saturated carbocycles. The second kappa shape index (κ2) is 3.39. The molecule has 1 aliphatic rings. The van der Waals surface area contributed by atoms with Crippen LogP contribution in [0.5, 0.6) is 11.5 Å². The lowest BCUT2D eigenvalue weighted by Gasteiger charge is -2.22. The third-order valence-electron chi connectivity index (χ3n) is 3.21. The highest BCUT2D eigenvalue weighted by atomic mass is 16.3. The molecule has 0 radical (unpaired) electrons. The van der Waals surface area contributed by atoms with Gasteiger partial charge in [-0.25, -0.2) is 0 Å². The normalized spacial score (nSPS) is 13.1. The molecule has 17 heavy (non-hydrogen) atoms. The highest BCUT2D eigenvalue weighted by molar-refractivity contribution is 5.84. The molecule has 0 amide bonds. The summed E-state index contributed by atoms with van der Waals surface area (Å²) in [6.45, 7) is 4.09. The summed E-state index contributed by atoms with van der Waals surface area (Å²) in [5, 5.41) is 19.0. The minimum Gasteiger partial charge on any atom is -0.508 e. The van der Waals surface area contributed by atoms with Crippen LogP contribution in [0, 0.1) is 0 Å². The van der Waals surface area contributed by atoms with Crippen LogP contribution in [-0.4, -0.2) is 10.2 Å². The maximum atomic E-state index is 9.50. The first-order valence-electron chi connectivity index (χ1n) is 5.48. The summed E-state index contributed by atoms with van der Waals surface area (Å²) in [4.78, 5) is 0. The Balaban J connectivity index is 2.21. The minimum atomic E-state index is 0.264. The van der Waals surface area contributed by atoms with Crippen LogP contribution < -0.4 is 0 Å². The Kier molecular flexibility index (Phi) is 1.99. The second-order valence-corrected chi connectivity index (χ2v) is 4.34. The fourth-order valence-corrected chi connectivity index (χ4v) is 2.39. The van der Waals surface area contributed by atoms with Gasteiger partial charge in [0.25, 0.3) is 0 Å². The van der Waals surface area contributed by atoms with E-state index >= 15 is 0 Å². The Hall–Kier alpha value is -2.22. The number of fused-ring (bicyclic) bond motifs is 2. The van der Waals surface area contributed by atoms with Crippen molar-refractivity contribution in [3.8, 4) is 11.5 Å². The summed E-state index contributed by atoms with van der Waals surface area (Å²) in [6.07, 6.45) is 0.715. The first-order chi connectivity index (χ1) is 8.15. The quantitative estimate of drug-likeness (QED) is 0.616. The SMILES string of the molecule is C=C1c2ccc(O)cc2Cc2cc(O)ccc21. The van der Waals surface area contributed by atoms with Gasteiger partial charge in [0.2, 0.25) is 0 Å². The van der Waals surface area contributed by atoms with Crippen LogP contribution in [0.4, 0.5) is 0 Å². The smallest absolute Gasteiger partial charge is 0.115 e. The van der Waals surface area contributed by atoms with Gasteiger partial charge < -0.3 is 10.2 Å². The number of phenols is 2. The van der Waals surface area contributed by atoms with Gasteiger partial charge in [0, 0.05) is 0 Å². The van der Waals surface area contributed by atoms with E-state index in [1.165, 1.54) is 0 Å². The van der Waals surface area contributed by atoms with Gasteiger partial charge in [-0.3, -0.25) is 0 Å². The Morgan fingerprint density at radius 3 is 1.76 bits per heavy atom. The molecule has 0 aliphatic heterocycles. The fraction of sp³-hybridized carbons (Fsp3) is 0.0667. The van der Waals surface area contributed by atoms with Crippen molar-refractivity contribution in [2.24, 2.45) is 0 Å². The molecule has 0 spiro atoms. The van der Waals surface area contributed by atoms with Crippen LogP contribution in [-0.2, 0) is 6.42 Å². The molecule has 0 aromatic heterocycles. The van der Waals surface area contributed by atoms with Crippen LogP contribution in [0.15, 0.2) is 43.0 Å². The van der Waals surface area contributed by atoms with Gasteiger partial charge >= 0.3 is 0 Å². The monoisotopic (exact) mass is 224 g/mol. The zero-order chi connectivity index (χ0) is 12.0. The van der Waals surface area contributed by atoms with Gasteiger partial charge in [0.15, 0.2) is 0 Å². The molecule has 1 aliphatic carbocycles. The van der Waals surface area contributed by atoms with Crippen molar-refractivity contribution in [2.75, 3.05) is 0 Å². The van der Waals surface area contributed by atoms with Crippen molar-refractivity contribution >= 4 is 5.57 Å². The highest BCUT2D eigenvalue weighted by Gasteiger charge is 2.19. The molecule has 0 saturated heterocycles. The predicted octanol–water partition coefficient (Wildman–Crippen LogP) is 3.06. The molecule has 2 aromatic carbocycles. The fourth-order valence-electron chi connectivity index (χ4n) is 2.39. The molecule has 2 nitrogen and oxygen atoms in total. The topological polar surface area (TPSA) is 40.5 Å². The van der Waals surface area contributed by atoms with E-state index in [1.54, 1.807) is 24.3 Å². The van der Waals surface area contributed by atoms with Crippen LogP contribution in [0.3, 0.4) is 0 Å². The number of rotatable bonds is 0. The molecule has 3 rings (SSSR count). The number of benzene rings is 2. The van der Waals surface area contributed by atoms with E-state index in [2.05, 4.69) is 6.58 Å². The van der Waals surface area contributed by atoms with Gasteiger partial charge in [0.1, 0.15) is 11.5 Å². The first-order valence-corrected chi connectivity index (χ1v) is 5.48. The molecule has 84 valence electrons. The lowest BCUT2D eigenvalue weighted by molar-refractivity contribution is 0.474. The van der Waals surface area contributed by atoms with Crippen molar-refractivity contribution < 1.29 is 10.2 Å². The average Bonchev–Trinajstić information content (AvgIpc) is 2.28. The first kappa shape index (κ1) is 9.97. The van der Waals surface area contributed by atoms with Crippen molar-refractivity contribution in [1.29, 1.82) is 0 Å². The zero-order valence-corrected chi connectivity index (χ0v) is 9.27. The predicted molar refractivity (Wildman–Crippen MR) is 67.2 cm³/mol. The molecule has 2 N–H and O–H groups in total. The van der Waals surface area contributed by atoms with E-state index < -0.39 is 0 Å². The lowest BCUT2D eigenvalue weighted by atomic mass is 9.83. The number of hydrogen-bond donors (Lipinski definition) is 2. The van der Waals surface area contributed by atoms with Crippen LogP contribution >= 0.6 is 0 Å². The van der Waals surface area contributed by atoms with Gasteiger partial charge in [-0.1, -0.05) is 18.7 Å². The molecule has 0 unspecified atom stereocenters. The van der Waals surface area contributed by atoms with Gasteiger partial charge in [-0.2, -0.15) is 0 Å². The van der Waals surface area contributed by atoms with Crippen LogP contribution in [0.1, 0.15) is 22.3 Å². The Morgan fingerprint density at radius 1 is 0.824 bits per heavy atom. The number of phenolic OH excluding ortho intramolecular Hbond substituents is 2. The second-order valence-electron chi connectivity index (χ2n) is 4.34. The summed E-state index contributed by atoms with van der Waals surface area (Å²) >= 11 is 0. The standard InChI is InChI=1S/C15H12O2/c1-9-14-4-2-12(16)7-10(14)6-11-8-13(17)3-5-15(9)11/h2-5,7-8,16-17H,1,6H2. The highest BCUT2D eigenvalue weighted by Crippen LogP contribution is 2.37. The maximum absolute atomic E-state index is 9.50. The summed E-state index contributed by atoms with van der Waals surface area (Å²) in [5.41, 5.74) is 5.18. The van der Waals surface area contributed by atoms with E-state index in [-0.39, 0.29) is 11.5 Å². The van der Waals surface area contributed by atoms with Crippen LogP contribution in [0.25, 0.3) is 5.57 Å². The van der Waals surface area contributed by atoms with E-state index in [1.807, 2.05) is 12.1 Å². The largest absolute Gasteiger partial charge is 0.508 e. The summed E-state index contributed by atoms with van der Waals surface area (Å²) in [6, 6.07) is 10.7. The zero-order valence-electron chi connectivity index (χ0n) is 9.27. The van der Waals surface area contributed by atoms with Crippen molar-refractivity contribution in [3.63, 3.8) is 0 Å². The lowest BCUT2D eigenvalue weighted by Crippen LogP contribution is -2.05. The molecule has 0 atom stereocenters. The van der Waals surface area contributed by atoms with Crippen molar-refractivity contribution in [2.45, 2.75) is 6.42 Å². The summed E-state index contributed by atoms with van der Waals surface area (Å²) in [5.74, 6) is 0.528. The average molecular weight is 224 g/mol. The van der Waals surface area contributed by atoms with Crippen molar-refractivity contribution in [3.05, 3.63) is 65.2 Å². The van der Waals surface area contributed by atoms with E-state index in [0.717, 1.165) is 27.8 Å². The van der Waals surface area contributed by atoms with E-state index in [4.69, 9.17) is 0 Å². The number of hydrogen-bond acceptors (Lipinski definition) is 2. The van der Waals surface area contributed by atoms with Gasteiger partial charge in [0.05, 0.1) is 0 Å². The third-order valence-corrected chi connectivity index (χ3v) is 3.21. The molecule has 0 bridgehead atoms. The molecule has 2 heteroatoms. The molecular formula is C15H12O2.